The Morgan fingerprint density at radius 2 is 2.00 bits per heavy atom. The molecule has 0 bridgehead atoms. The van der Waals surface area contributed by atoms with Crippen molar-refractivity contribution in [3.63, 3.8) is 0 Å². The van der Waals surface area contributed by atoms with Crippen LogP contribution in [0.1, 0.15) is 12.8 Å². The lowest BCUT2D eigenvalue weighted by Crippen LogP contribution is -2.37. The highest BCUT2D eigenvalue weighted by Gasteiger charge is 2.16. The Kier molecular flexibility index (Phi) is 5.83. The summed E-state index contributed by atoms with van der Waals surface area (Å²) in [6.45, 7) is 3.59. The Bertz CT molecular complexity index is 429. The molecule has 0 aromatic heterocycles. The predicted molar refractivity (Wildman–Crippen MR) is 83.2 cm³/mol. The molecule has 0 radical (unpaired) electrons. The first-order chi connectivity index (χ1) is 9.63. The second-order valence-corrected chi connectivity index (χ2v) is 5.88. The zero-order valence-electron chi connectivity index (χ0n) is 11.9. The molecular formula is C15H22ClN3O. The molecule has 0 saturated carbocycles. The van der Waals surface area contributed by atoms with Crippen molar-refractivity contribution in [2.75, 3.05) is 38.5 Å². The van der Waals surface area contributed by atoms with Gasteiger partial charge in [0.1, 0.15) is 0 Å². The Balaban J connectivity index is 1.74. The van der Waals surface area contributed by atoms with Gasteiger partial charge in [-0.2, -0.15) is 0 Å². The molecule has 2 rings (SSSR count). The molecule has 20 heavy (non-hydrogen) atoms. The summed E-state index contributed by atoms with van der Waals surface area (Å²) in [6.07, 6.45) is 2.40. The fourth-order valence-corrected chi connectivity index (χ4v) is 2.67. The second kappa shape index (κ2) is 7.62. The van der Waals surface area contributed by atoms with E-state index in [0.717, 1.165) is 25.3 Å². The molecule has 0 spiro atoms. The number of likely N-dealkylation sites (N-methyl/N-ethyl adjacent to an activating group) is 1. The van der Waals surface area contributed by atoms with Gasteiger partial charge in [0.05, 0.1) is 6.54 Å². The van der Waals surface area contributed by atoms with Gasteiger partial charge in [0.25, 0.3) is 0 Å². The number of amides is 1. The quantitative estimate of drug-likeness (QED) is 0.875. The van der Waals surface area contributed by atoms with E-state index in [1.165, 1.54) is 12.8 Å². The molecule has 0 unspecified atom stereocenters. The number of piperidine rings is 1. The average molecular weight is 296 g/mol. The third kappa shape index (κ3) is 5.12. The number of rotatable bonds is 5. The van der Waals surface area contributed by atoms with Gasteiger partial charge in [-0.05, 0) is 63.2 Å². The van der Waals surface area contributed by atoms with Crippen molar-refractivity contribution >= 4 is 23.2 Å². The zero-order valence-corrected chi connectivity index (χ0v) is 12.6. The summed E-state index contributed by atoms with van der Waals surface area (Å²) in [4.78, 5) is 14.0. The Hall–Kier alpha value is -1.10. The van der Waals surface area contributed by atoms with Gasteiger partial charge < -0.3 is 10.6 Å². The first-order valence-corrected chi connectivity index (χ1v) is 7.46. The highest BCUT2D eigenvalue weighted by molar-refractivity contribution is 6.30. The molecule has 1 amide bonds. The van der Waals surface area contributed by atoms with Crippen LogP contribution in [0.5, 0.6) is 0 Å². The lowest BCUT2D eigenvalue weighted by molar-refractivity contribution is -0.117. The van der Waals surface area contributed by atoms with Crippen molar-refractivity contribution in [3.8, 4) is 0 Å². The monoisotopic (exact) mass is 295 g/mol. The molecular weight excluding hydrogens is 274 g/mol. The number of hydrogen-bond acceptors (Lipinski definition) is 3. The van der Waals surface area contributed by atoms with Crippen LogP contribution in [-0.2, 0) is 4.79 Å². The number of anilines is 1. The summed E-state index contributed by atoms with van der Waals surface area (Å²) in [5.41, 5.74) is 0.787. The van der Waals surface area contributed by atoms with E-state index in [9.17, 15) is 4.79 Å². The molecule has 110 valence electrons. The number of carbonyl (C=O) groups excluding carboxylic acids is 1. The fraction of sp³-hybridized carbons (Fsp3) is 0.533. The molecule has 1 saturated heterocycles. The third-order valence-corrected chi connectivity index (χ3v) is 3.82. The molecule has 4 nitrogen and oxygen atoms in total. The Morgan fingerprint density at radius 1 is 1.35 bits per heavy atom. The molecule has 1 aromatic rings. The van der Waals surface area contributed by atoms with Crippen molar-refractivity contribution in [1.29, 1.82) is 0 Å². The van der Waals surface area contributed by atoms with Crippen LogP contribution in [0.25, 0.3) is 0 Å². The smallest absolute Gasteiger partial charge is 0.238 e. The highest BCUT2D eigenvalue weighted by Crippen LogP contribution is 2.14. The van der Waals surface area contributed by atoms with Crippen molar-refractivity contribution < 1.29 is 4.79 Å². The van der Waals surface area contributed by atoms with E-state index in [1.54, 1.807) is 12.1 Å². The number of benzene rings is 1. The van der Waals surface area contributed by atoms with Crippen molar-refractivity contribution in [2.24, 2.45) is 5.92 Å². The van der Waals surface area contributed by atoms with Crippen molar-refractivity contribution in [1.82, 2.24) is 10.2 Å². The van der Waals surface area contributed by atoms with Crippen LogP contribution in [-0.4, -0.2) is 44.0 Å². The van der Waals surface area contributed by atoms with Gasteiger partial charge in [-0.3, -0.25) is 9.69 Å². The van der Waals surface area contributed by atoms with E-state index < -0.39 is 0 Å². The van der Waals surface area contributed by atoms with Crippen LogP contribution in [0.3, 0.4) is 0 Å². The standard InChI is InChI=1S/C15H22ClN3O/c1-19(10-12-6-8-17-9-7-12)11-15(20)18-14-4-2-13(16)3-5-14/h2-5,12,17H,6-11H2,1H3,(H,18,20). The first-order valence-electron chi connectivity index (χ1n) is 7.08. The topological polar surface area (TPSA) is 44.4 Å². The van der Waals surface area contributed by atoms with E-state index in [2.05, 4.69) is 15.5 Å². The van der Waals surface area contributed by atoms with E-state index in [1.807, 2.05) is 19.2 Å². The van der Waals surface area contributed by atoms with E-state index in [0.29, 0.717) is 17.5 Å². The maximum absolute atomic E-state index is 12.0. The fourth-order valence-electron chi connectivity index (χ4n) is 2.55. The minimum atomic E-state index is 0.0174. The van der Waals surface area contributed by atoms with Gasteiger partial charge in [-0.25, -0.2) is 0 Å². The van der Waals surface area contributed by atoms with Gasteiger partial charge in [0.15, 0.2) is 0 Å². The minimum absolute atomic E-state index is 0.0174. The van der Waals surface area contributed by atoms with Crippen LogP contribution in [0.2, 0.25) is 5.02 Å². The summed E-state index contributed by atoms with van der Waals surface area (Å²) in [5, 5.41) is 6.92. The van der Waals surface area contributed by atoms with Gasteiger partial charge >= 0.3 is 0 Å². The Labute approximate surface area is 125 Å². The van der Waals surface area contributed by atoms with Gasteiger partial charge in [0, 0.05) is 17.3 Å². The molecule has 0 aliphatic carbocycles. The van der Waals surface area contributed by atoms with Crippen molar-refractivity contribution in [3.05, 3.63) is 29.3 Å². The number of nitrogens with zero attached hydrogens (tertiary/aromatic N) is 1. The summed E-state index contributed by atoms with van der Waals surface area (Å²) in [6, 6.07) is 7.17. The minimum Gasteiger partial charge on any atom is -0.325 e. The average Bonchev–Trinajstić information content (AvgIpc) is 2.42. The summed E-state index contributed by atoms with van der Waals surface area (Å²) >= 11 is 5.81. The molecule has 1 aromatic carbocycles. The molecule has 1 aliphatic heterocycles. The lowest BCUT2D eigenvalue weighted by Gasteiger charge is -2.27. The molecule has 1 heterocycles. The van der Waals surface area contributed by atoms with Gasteiger partial charge in [-0.15, -0.1) is 0 Å². The van der Waals surface area contributed by atoms with Crippen molar-refractivity contribution in [2.45, 2.75) is 12.8 Å². The third-order valence-electron chi connectivity index (χ3n) is 3.57. The van der Waals surface area contributed by atoms with Crippen LogP contribution < -0.4 is 10.6 Å². The van der Waals surface area contributed by atoms with Gasteiger partial charge in [0.2, 0.25) is 5.91 Å². The summed E-state index contributed by atoms with van der Waals surface area (Å²) < 4.78 is 0. The SMILES string of the molecule is CN(CC(=O)Nc1ccc(Cl)cc1)CC1CCNCC1. The van der Waals surface area contributed by atoms with Crippen LogP contribution in [0.4, 0.5) is 5.69 Å². The lowest BCUT2D eigenvalue weighted by atomic mass is 9.98. The molecule has 1 aliphatic rings. The Morgan fingerprint density at radius 3 is 2.65 bits per heavy atom. The van der Waals surface area contributed by atoms with E-state index in [-0.39, 0.29) is 5.91 Å². The number of carbonyl (C=O) groups is 1. The summed E-state index contributed by atoms with van der Waals surface area (Å²) in [7, 11) is 2.00. The van der Waals surface area contributed by atoms with Crippen LogP contribution in [0.15, 0.2) is 24.3 Å². The molecule has 1 fully saturated rings. The maximum Gasteiger partial charge on any atom is 0.238 e. The molecule has 5 heteroatoms. The predicted octanol–water partition coefficient (Wildman–Crippen LogP) is 2.21. The molecule has 0 atom stereocenters. The zero-order chi connectivity index (χ0) is 14.4. The number of nitrogens with one attached hydrogen (secondary N) is 2. The largest absolute Gasteiger partial charge is 0.325 e. The maximum atomic E-state index is 12.0. The summed E-state index contributed by atoms with van der Waals surface area (Å²) in [5.74, 6) is 0.716. The normalized spacial score (nSPS) is 16.4. The first kappa shape index (κ1) is 15.3. The van der Waals surface area contributed by atoms with Gasteiger partial charge in [-0.1, -0.05) is 11.6 Å². The number of hydrogen-bond donors (Lipinski definition) is 2. The highest BCUT2D eigenvalue weighted by atomic mass is 35.5. The molecule has 2 N–H and O–H groups in total. The van der Waals surface area contributed by atoms with Crippen LogP contribution in [0, 0.1) is 5.92 Å². The van der Waals surface area contributed by atoms with E-state index in [4.69, 9.17) is 11.6 Å². The second-order valence-electron chi connectivity index (χ2n) is 5.45. The van der Waals surface area contributed by atoms with Crippen LogP contribution >= 0.6 is 11.6 Å². The number of halogens is 1. The van der Waals surface area contributed by atoms with E-state index >= 15 is 0 Å².